The Hall–Kier alpha value is -0.650. The number of aliphatic hydroxyl groups excluding tert-OH is 1. The van der Waals surface area contributed by atoms with Crippen LogP contribution in [0.3, 0.4) is 0 Å². The maximum absolute atomic E-state index is 11.8. The van der Waals surface area contributed by atoms with Crippen molar-refractivity contribution in [2.45, 2.75) is 50.7 Å². The summed E-state index contributed by atoms with van der Waals surface area (Å²) in [6, 6.07) is 0.112. The van der Waals surface area contributed by atoms with E-state index in [1.54, 1.807) is 0 Å². The van der Waals surface area contributed by atoms with Gasteiger partial charge in [0.25, 0.3) is 0 Å². The van der Waals surface area contributed by atoms with Crippen molar-refractivity contribution in [3.63, 3.8) is 0 Å². The number of hydrogen-bond acceptors (Lipinski definition) is 4. The normalized spacial score (nSPS) is 26.9. The summed E-state index contributed by atoms with van der Waals surface area (Å²) in [5.74, 6) is 0.364. The van der Waals surface area contributed by atoms with E-state index in [4.69, 9.17) is 4.74 Å². The first-order chi connectivity index (χ1) is 9.25. The molecule has 0 spiro atoms. The van der Waals surface area contributed by atoms with Gasteiger partial charge in [-0.3, -0.25) is 4.79 Å². The first-order valence-electron chi connectivity index (χ1n) is 7.51. The van der Waals surface area contributed by atoms with Gasteiger partial charge in [-0.2, -0.15) is 0 Å². The Morgan fingerprint density at radius 2 is 2.16 bits per heavy atom. The lowest BCUT2D eigenvalue weighted by Crippen LogP contribution is -2.45. The molecule has 2 unspecified atom stereocenters. The van der Waals surface area contributed by atoms with E-state index in [0.29, 0.717) is 25.5 Å². The van der Waals surface area contributed by atoms with Crippen molar-refractivity contribution in [3.05, 3.63) is 0 Å². The number of nitrogens with one attached hydrogen (secondary N) is 2. The van der Waals surface area contributed by atoms with E-state index >= 15 is 0 Å². The number of amides is 1. The molecule has 1 amide bonds. The topological polar surface area (TPSA) is 70.6 Å². The Morgan fingerprint density at radius 3 is 2.84 bits per heavy atom. The van der Waals surface area contributed by atoms with Crippen LogP contribution in [0.25, 0.3) is 0 Å². The van der Waals surface area contributed by atoms with E-state index in [1.165, 1.54) is 19.3 Å². The minimum absolute atomic E-state index is 0.00198. The Bertz CT molecular complexity index is 274. The molecule has 2 fully saturated rings. The highest BCUT2D eigenvalue weighted by molar-refractivity contribution is 5.76. The van der Waals surface area contributed by atoms with Crippen LogP contribution in [0.15, 0.2) is 0 Å². The third-order valence-corrected chi connectivity index (χ3v) is 4.13. The molecule has 1 saturated heterocycles. The highest BCUT2D eigenvalue weighted by Gasteiger charge is 2.23. The van der Waals surface area contributed by atoms with Gasteiger partial charge in [0.15, 0.2) is 0 Å². The number of carbonyl (C=O) groups is 1. The Kier molecular flexibility index (Phi) is 6.07. The van der Waals surface area contributed by atoms with Crippen LogP contribution in [0.1, 0.15) is 38.5 Å². The van der Waals surface area contributed by atoms with Gasteiger partial charge in [-0.25, -0.2) is 0 Å². The molecule has 110 valence electrons. The van der Waals surface area contributed by atoms with Gasteiger partial charge in [0.2, 0.25) is 5.91 Å². The average Bonchev–Trinajstić information content (AvgIpc) is 2.47. The van der Waals surface area contributed by atoms with Gasteiger partial charge in [0.05, 0.1) is 19.3 Å². The molecule has 0 aromatic heterocycles. The van der Waals surface area contributed by atoms with E-state index in [-0.39, 0.29) is 18.1 Å². The molecule has 1 heterocycles. The highest BCUT2D eigenvalue weighted by atomic mass is 16.5. The molecule has 5 heteroatoms. The zero-order chi connectivity index (χ0) is 13.5. The van der Waals surface area contributed by atoms with Crippen LogP contribution in [-0.2, 0) is 9.53 Å². The van der Waals surface area contributed by atoms with Crippen molar-refractivity contribution in [1.82, 2.24) is 10.6 Å². The van der Waals surface area contributed by atoms with E-state index in [0.717, 1.165) is 26.0 Å². The van der Waals surface area contributed by atoms with Gasteiger partial charge >= 0.3 is 0 Å². The van der Waals surface area contributed by atoms with Crippen LogP contribution in [0.2, 0.25) is 0 Å². The molecule has 0 bridgehead atoms. The molecule has 5 nitrogen and oxygen atoms in total. The number of carbonyl (C=O) groups excluding carboxylic acids is 1. The monoisotopic (exact) mass is 270 g/mol. The lowest BCUT2D eigenvalue weighted by atomic mass is 9.85. The van der Waals surface area contributed by atoms with E-state index < -0.39 is 0 Å². The van der Waals surface area contributed by atoms with Crippen molar-refractivity contribution >= 4 is 5.91 Å². The summed E-state index contributed by atoms with van der Waals surface area (Å²) < 4.78 is 5.31. The molecule has 2 rings (SSSR count). The number of morpholine rings is 1. The molecule has 1 aliphatic carbocycles. The summed E-state index contributed by atoms with van der Waals surface area (Å²) in [7, 11) is 0. The van der Waals surface area contributed by atoms with Gasteiger partial charge in [0, 0.05) is 25.6 Å². The predicted octanol–water partition coefficient (Wildman–Crippen LogP) is 0.422. The van der Waals surface area contributed by atoms with Crippen molar-refractivity contribution in [2.24, 2.45) is 5.92 Å². The van der Waals surface area contributed by atoms with E-state index in [2.05, 4.69) is 10.6 Å². The second-order valence-electron chi connectivity index (χ2n) is 5.70. The first-order valence-corrected chi connectivity index (χ1v) is 7.51. The fourth-order valence-electron chi connectivity index (χ4n) is 2.95. The molecule has 1 aliphatic heterocycles. The quantitative estimate of drug-likeness (QED) is 0.677. The molecule has 1 saturated carbocycles. The average molecular weight is 270 g/mol. The van der Waals surface area contributed by atoms with Crippen LogP contribution in [0, 0.1) is 5.92 Å². The molecular formula is C14H26N2O3. The van der Waals surface area contributed by atoms with Gasteiger partial charge in [-0.1, -0.05) is 19.3 Å². The molecule has 2 atom stereocenters. The van der Waals surface area contributed by atoms with Gasteiger partial charge in [-0.15, -0.1) is 0 Å². The van der Waals surface area contributed by atoms with Crippen molar-refractivity contribution in [3.8, 4) is 0 Å². The van der Waals surface area contributed by atoms with Crippen LogP contribution in [0.4, 0.5) is 0 Å². The van der Waals surface area contributed by atoms with Crippen molar-refractivity contribution in [1.29, 1.82) is 0 Å². The van der Waals surface area contributed by atoms with Crippen molar-refractivity contribution < 1.29 is 14.6 Å². The second kappa shape index (κ2) is 7.82. The van der Waals surface area contributed by atoms with Crippen LogP contribution in [-0.4, -0.2) is 49.5 Å². The summed E-state index contributed by atoms with van der Waals surface area (Å²) in [5.41, 5.74) is 0. The van der Waals surface area contributed by atoms with Crippen LogP contribution >= 0.6 is 0 Å². The molecule has 3 N–H and O–H groups in total. The Balaban J connectivity index is 1.61. The highest BCUT2D eigenvalue weighted by Crippen LogP contribution is 2.26. The van der Waals surface area contributed by atoms with Gasteiger partial charge in [-0.05, 0) is 18.8 Å². The zero-order valence-electron chi connectivity index (χ0n) is 11.6. The lowest BCUT2D eigenvalue weighted by molar-refractivity contribution is -0.123. The second-order valence-corrected chi connectivity index (χ2v) is 5.70. The first kappa shape index (κ1) is 14.8. The predicted molar refractivity (Wildman–Crippen MR) is 72.8 cm³/mol. The summed E-state index contributed by atoms with van der Waals surface area (Å²) >= 11 is 0. The molecule has 19 heavy (non-hydrogen) atoms. The molecule has 0 aromatic carbocycles. The number of rotatable bonds is 5. The summed E-state index contributed by atoms with van der Waals surface area (Å²) in [4.78, 5) is 11.8. The van der Waals surface area contributed by atoms with E-state index in [1.807, 2.05) is 0 Å². The number of ether oxygens (including phenoxy) is 1. The van der Waals surface area contributed by atoms with Gasteiger partial charge < -0.3 is 20.5 Å². The third-order valence-electron chi connectivity index (χ3n) is 4.13. The minimum Gasteiger partial charge on any atom is -0.391 e. The number of hydrogen-bond donors (Lipinski definition) is 3. The SMILES string of the molecule is O=C(CC1COCCN1)NCC(O)C1CCCCC1. The lowest BCUT2D eigenvalue weighted by Gasteiger charge is -2.27. The maximum Gasteiger partial charge on any atom is 0.221 e. The Morgan fingerprint density at radius 1 is 1.37 bits per heavy atom. The number of aliphatic hydroxyl groups is 1. The Labute approximate surface area is 115 Å². The van der Waals surface area contributed by atoms with Crippen LogP contribution < -0.4 is 10.6 Å². The fourth-order valence-corrected chi connectivity index (χ4v) is 2.95. The van der Waals surface area contributed by atoms with Crippen molar-refractivity contribution in [2.75, 3.05) is 26.3 Å². The molecule has 0 radical (unpaired) electrons. The standard InChI is InChI=1S/C14H26N2O3/c17-13(11-4-2-1-3-5-11)9-16-14(18)8-12-10-19-7-6-15-12/h11-13,15,17H,1-10H2,(H,16,18). The molecule has 0 aromatic rings. The summed E-state index contributed by atoms with van der Waals surface area (Å²) in [6.45, 7) is 2.51. The largest absolute Gasteiger partial charge is 0.391 e. The summed E-state index contributed by atoms with van der Waals surface area (Å²) in [5, 5.41) is 16.2. The minimum atomic E-state index is -0.389. The van der Waals surface area contributed by atoms with E-state index in [9.17, 15) is 9.90 Å². The van der Waals surface area contributed by atoms with Gasteiger partial charge in [0.1, 0.15) is 0 Å². The molecule has 2 aliphatic rings. The van der Waals surface area contributed by atoms with Crippen LogP contribution in [0.5, 0.6) is 0 Å². The smallest absolute Gasteiger partial charge is 0.221 e. The summed E-state index contributed by atoms with van der Waals surface area (Å²) in [6.07, 6.45) is 5.92. The molecular weight excluding hydrogens is 244 g/mol. The maximum atomic E-state index is 11.8. The fraction of sp³-hybridized carbons (Fsp3) is 0.929. The zero-order valence-corrected chi connectivity index (χ0v) is 11.6. The third kappa shape index (κ3) is 5.09.